The third-order valence-electron chi connectivity index (χ3n) is 2.94. The highest BCUT2D eigenvalue weighted by molar-refractivity contribution is 5.96. The number of halogens is 1. The normalized spacial score (nSPS) is 10.2. The molecule has 4 heteroatoms. The van der Waals surface area contributed by atoms with Gasteiger partial charge in [-0.1, -0.05) is 29.8 Å². The van der Waals surface area contributed by atoms with Crippen LogP contribution < -0.4 is 10.1 Å². The molecule has 0 bridgehead atoms. The number of carbonyl (C=O) groups is 1. The molecule has 0 fully saturated rings. The molecule has 0 aliphatic heterocycles. The minimum Gasteiger partial charge on any atom is -0.496 e. The van der Waals surface area contributed by atoms with Crippen LogP contribution >= 0.6 is 0 Å². The highest BCUT2D eigenvalue weighted by atomic mass is 19.1. The van der Waals surface area contributed by atoms with Crippen LogP contribution in [0.3, 0.4) is 0 Å². The lowest BCUT2D eigenvalue weighted by Gasteiger charge is -2.09. The van der Waals surface area contributed by atoms with Crippen molar-refractivity contribution in [1.29, 1.82) is 0 Å². The molecule has 0 spiro atoms. The molecule has 2 aromatic rings. The zero-order valence-corrected chi connectivity index (χ0v) is 11.4. The zero-order valence-electron chi connectivity index (χ0n) is 11.4. The van der Waals surface area contributed by atoms with E-state index in [4.69, 9.17) is 4.74 Å². The van der Waals surface area contributed by atoms with Crippen molar-refractivity contribution in [2.24, 2.45) is 0 Å². The topological polar surface area (TPSA) is 38.3 Å². The predicted octanol–water partition coefficient (Wildman–Crippen LogP) is 3.07. The maximum atomic E-state index is 13.2. The van der Waals surface area contributed by atoms with Crippen LogP contribution in [0.1, 0.15) is 21.5 Å². The second kappa shape index (κ2) is 6.19. The Morgan fingerprint density at radius 1 is 1.25 bits per heavy atom. The van der Waals surface area contributed by atoms with E-state index in [2.05, 4.69) is 5.32 Å². The van der Waals surface area contributed by atoms with Gasteiger partial charge >= 0.3 is 0 Å². The van der Waals surface area contributed by atoms with Crippen LogP contribution in [0.15, 0.2) is 42.5 Å². The van der Waals surface area contributed by atoms with Crippen LogP contribution in [0.25, 0.3) is 0 Å². The summed E-state index contributed by atoms with van der Waals surface area (Å²) < 4.78 is 18.3. The minimum atomic E-state index is -0.466. The first-order valence-corrected chi connectivity index (χ1v) is 6.27. The lowest BCUT2D eigenvalue weighted by Crippen LogP contribution is -2.23. The van der Waals surface area contributed by atoms with Crippen molar-refractivity contribution in [3.05, 3.63) is 65.0 Å². The van der Waals surface area contributed by atoms with E-state index in [1.807, 2.05) is 31.2 Å². The molecule has 0 saturated heterocycles. The number of nitrogens with one attached hydrogen (secondary N) is 1. The molecule has 1 N–H and O–H groups in total. The summed E-state index contributed by atoms with van der Waals surface area (Å²) in [6.45, 7) is 2.38. The van der Waals surface area contributed by atoms with Gasteiger partial charge < -0.3 is 10.1 Å². The Kier molecular flexibility index (Phi) is 4.35. The maximum absolute atomic E-state index is 13.2. The van der Waals surface area contributed by atoms with Gasteiger partial charge in [-0.15, -0.1) is 0 Å². The molecule has 2 rings (SSSR count). The first-order chi connectivity index (χ1) is 9.60. The van der Waals surface area contributed by atoms with Gasteiger partial charge in [0.05, 0.1) is 12.7 Å². The number of methoxy groups -OCH3 is 1. The average molecular weight is 273 g/mol. The van der Waals surface area contributed by atoms with E-state index in [0.717, 1.165) is 11.1 Å². The van der Waals surface area contributed by atoms with Gasteiger partial charge in [0.2, 0.25) is 0 Å². The SMILES string of the molecule is COc1ccc(F)cc1C(=O)NCc1cccc(C)c1. The molecule has 0 unspecified atom stereocenters. The largest absolute Gasteiger partial charge is 0.496 e. The fourth-order valence-electron chi connectivity index (χ4n) is 1.96. The number of carbonyl (C=O) groups excluding carboxylic acids is 1. The number of hydrogen-bond acceptors (Lipinski definition) is 2. The Balaban J connectivity index is 2.10. The Morgan fingerprint density at radius 2 is 2.05 bits per heavy atom. The van der Waals surface area contributed by atoms with Crippen molar-refractivity contribution in [3.8, 4) is 5.75 Å². The standard InChI is InChI=1S/C16H16FNO2/c1-11-4-3-5-12(8-11)10-18-16(19)14-9-13(17)6-7-15(14)20-2/h3-9H,10H2,1-2H3,(H,18,19). The van der Waals surface area contributed by atoms with Crippen molar-refractivity contribution in [3.63, 3.8) is 0 Å². The fourth-order valence-corrected chi connectivity index (χ4v) is 1.96. The molecule has 0 radical (unpaired) electrons. The summed E-state index contributed by atoms with van der Waals surface area (Å²) in [6, 6.07) is 11.7. The fraction of sp³-hybridized carbons (Fsp3) is 0.188. The highest BCUT2D eigenvalue weighted by Crippen LogP contribution is 2.19. The Bertz CT molecular complexity index is 626. The van der Waals surface area contributed by atoms with Crippen LogP contribution in [0.5, 0.6) is 5.75 Å². The molecular formula is C16H16FNO2. The van der Waals surface area contributed by atoms with Gasteiger partial charge in [-0.2, -0.15) is 0 Å². The lowest BCUT2D eigenvalue weighted by molar-refractivity contribution is 0.0947. The van der Waals surface area contributed by atoms with E-state index in [1.165, 1.54) is 25.3 Å². The molecule has 20 heavy (non-hydrogen) atoms. The smallest absolute Gasteiger partial charge is 0.255 e. The molecule has 0 aromatic heterocycles. The zero-order chi connectivity index (χ0) is 14.5. The molecular weight excluding hydrogens is 257 g/mol. The van der Waals surface area contributed by atoms with Crippen LogP contribution in [0.4, 0.5) is 4.39 Å². The Labute approximate surface area is 117 Å². The van der Waals surface area contributed by atoms with Crippen molar-refractivity contribution < 1.29 is 13.9 Å². The van der Waals surface area contributed by atoms with Gasteiger partial charge in [0.1, 0.15) is 11.6 Å². The van der Waals surface area contributed by atoms with Crippen molar-refractivity contribution in [2.45, 2.75) is 13.5 Å². The first kappa shape index (κ1) is 14.1. The monoisotopic (exact) mass is 273 g/mol. The van der Waals surface area contributed by atoms with E-state index in [9.17, 15) is 9.18 Å². The van der Waals surface area contributed by atoms with Crippen LogP contribution in [0, 0.1) is 12.7 Å². The number of rotatable bonds is 4. The average Bonchev–Trinajstić information content (AvgIpc) is 2.45. The summed E-state index contributed by atoms with van der Waals surface area (Å²) >= 11 is 0. The van der Waals surface area contributed by atoms with Gasteiger partial charge in [0.15, 0.2) is 0 Å². The van der Waals surface area contributed by atoms with Crippen LogP contribution in [-0.4, -0.2) is 13.0 Å². The number of hydrogen-bond donors (Lipinski definition) is 1. The van der Waals surface area contributed by atoms with Crippen molar-refractivity contribution in [2.75, 3.05) is 7.11 Å². The number of ether oxygens (including phenoxy) is 1. The molecule has 2 aromatic carbocycles. The Morgan fingerprint density at radius 3 is 2.75 bits per heavy atom. The molecule has 1 amide bonds. The van der Waals surface area contributed by atoms with Crippen LogP contribution in [0.2, 0.25) is 0 Å². The summed E-state index contributed by atoms with van der Waals surface area (Å²) in [5.74, 6) is -0.470. The molecule has 3 nitrogen and oxygen atoms in total. The van der Waals surface area contributed by atoms with Gasteiger partial charge in [-0.05, 0) is 30.7 Å². The third-order valence-corrected chi connectivity index (χ3v) is 2.94. The summed E-state index contributed by atoms with van der Waals surface area (Å²) in [5, 5.41) is 2.76. The number of amides is 1. The third kappa shape index (κ3) is 3.35. The second-order valence-electron chi connectivity index (χ2n) is 4.52. The first-order valence-electron chi connectivity index (χ1n) is 6.27. The van der Waals surface area contributed by atoms with E-state index < -0.39 is 5.82 Å². The lowest BCUT2D eigenvalue weighted by atomic mass is 10.1. The molecule has 0 heterocycles. The van der Waals surface area contributed by atoms with E-state index >= 15 is 0 Å². The van der Waals surface area contributed by atoms with Gasteiger partial charge in [0, 0.05) is 6.54 Å². The Hall–Kier alpha value is -2.36. The van der Waals surface area contributed by atoms with E-state index in [1.54, 1.807) is 0 Å². The summed E-state index contributed by atoms with van der Waals surface area (Å²) in [6.07, 6.45) is 0. The molecule has 0 aliphatic carbocycles. The highest BCUT2D eigenvalue weighted by Gasteiger charge is 2.13. The minimum absolute atomic E-state index is 0.195. The van der Waals surface area contributed by atoms with Gasteiger partial charge in [-0.3, -0.25) is 4.79 Å². The molecule has 0 atom stereocenters. The summed E-state index contributed by atoms with van der Waals surface area (Å²) in [7, 11) is 1.45. The van der Waals surface area contributed by atoms with Crippen molar-refractivity contribution in [1.82, 2.24) is 5.32 Å². The predicted molar refractivity (Wildman–Crippen MR) is 75.3 cm³/mol. The van der Waals surface area contributed by atoms with E-state index in [-0.39, 0.29) is 11.5 Å². The van der Waals surface area contributed by atoms with Gasteiger partial charge in [-0.25, -0.2) is 4.39 Å². The quantitative estimate of drug-likeness (QED) is 0.929. The van der Waals surface area contributed by atoms with E-state index in [0.29, 0.717) is 12.3 Å². The second-order valence-corrected chi connectivity index (χ2v) is 4.52. The number of benzene rings is 2. The number of aryl methyl sites for hydroxylation is 1. The van der Waals surface area contributed by atoms with Gasteiger partial charge in [0.25, 0.3) is 5.91 Å². The maximum Gasteiger partial charge on any atom is 0.255 e. The van der Waals surface area contributed by atoms with Crippen LogP contribution in [-0.2, 0) is 6.54 Å². The van der Waals surface area contributed by atoms with Crippen molar-refractivity contribution >= 4 is 5.91 Å². The summed E-state index contributed by atoms with van der Waals surface area (Å²) in [4.78, 5) is 12.1. The molecule has 0 aliphatic rings. The summed E-state index contributed by atoms with van der Waals surface area (Å²) in [5.41, 5.74) is 2.31. The molecule has 0 saturated carbocycles. The molecule has 104 valence electrons.